The third kappa shape index (κ3) is 0.797. The Balaban J connectivity index is 2.09. The van der Waals surface area contributed by atoms with E-state index < -0.39 is 0 Å². The standard InChI is InChI=1S/C4H6Cl2/c5-2-3-1-4(3)6/h3-4H,1-2H2. The largest absolute Gasteiger partial charge is 0.126 e. The number of hydrogen-bond donors (Lipinski definition) is 0. The summed E-state index contributed by atoms with van der Waals surface area (Å²) in [5.74, 6) is 1.38. The molecule has 1 rings (SSSR count). The van der Waals surface area contributed by atoms with Gasteiger partial charge in [0.2, 0.25) is 0 Å². The first kappa shape index (κ1) is 4.73. The Morgan fingerprint density at radius 1 is 1.67 bits per heavy atom. The normalized spacial score (nSPS) is 43.0. The lowest BCUT2D eigenvalue weighted by atomic mass is 10.5. The van der Waals surface area contributed by atoms with Crippen molar-refractivity contribution >= 4 is 23.2 Å². The van der Waals surface area contributed by atoms with Crippen LogP contribution in [0, 0.1) is 5.92 Å². The van der Waals surface area contributed by atoms with E-state index in [4.69, 9.17) is 23.2 Å². The Labute approximate surface area is 47.4 Å². The number of alkyl halides is 2. The summed E-state index contributed by atoms with van der Waals surface area (Å²) in [6.07, 6.45) is 1.13. The molecule has 0 amide bonds. The summed E-state index contributed by atoms with van der Waals surface area (Å²) < 4.78 is 0. The van der Waals surface area contributed by atoms with E-state index in [2.05, 4.69) is 0 Å². The van der Waals surface area contributed by atoms with Crippen LogP contribution in [-0.4, -0.2) is 11.3 Å². The van der Waals surface area contributed by atoms with Gasteiger partial charge in [-0.2, -0.15) is 0 Å². The van der Waals surface area contributed by atoms with Gasteiger partial charge in [0.05, 0.1) is 0 Å². The highest BCUT2D eigenvalue weighted by atomic mass is 35.5. The fourth-order valence-corrected chi connectivity index (χ4v) is 1.12. The SMILES string of the molecule is ClCC1CC1Cl. The molecule has 2 atom stereocenters. The summed E-state index contributed by atoms with van der Waals surface area (Å²) in [7, 11) is 0. The van der Waals surface area contributed by atoms with Crippen molar-refractivity contribution in [3.05, 3.63) is 0 Å². The fourth-order valence-electron chi connectivity index (χ4n) is 0.370. The molecule has 0 spiro atoms. The van der Waals surface area contributed by atoms with Crippen LogP contribution in [0.2, 0.25) is 0 Å². The predicted octanol–water partition coefficient (Wildman–Crippen LogP) is 1.85. The molecule has 0 aromatic rings. The monoisotopic (exact) mass is 124 g/mol. The molecule has 0 aromatic heterocycles. The zero-order valence-electron chi connectivity index (χ0n) is 3.32. The maximum Gasteiger partial charge on any atom is 0.0379 e. The Bertz CT molecular complexity index is 51.5. The summed E-state index contributed by atoms with van der Waals surface area (Å²) in [6.45, 7) is 0. The van der Waals surface area contributed by atoms with Gasteiger partial charge >= 0.3 is 0 Å². The van der Waals surface area contributed by atoms with E-state index in [1.165, 1.54) is 0 Å². The van der Waals surface area contributed by atoms with E-state index in [0.717, 1.165) is 12.3 Å². The summed E-state index contributed by atoms with van der Waals surface area (Å²) in [5.41, 5.74) is 0. The molecular weight excluding hydrogens is 119 g/mol. The van der Waals surface area contributed by atoms with E-state index in [0.29, 0.717) is 11.3 Å². The molecule has 1 aliphatic carbocycles. The third-order valence-electron chi connectivity index (χ3n) is 1.03. The highest BCUT2D eigenvalue weighted by molar-refractivity contribution is 6.24. The lowest BCUT2D eigenvalue weighted by Gasteiger charge is -1.75. The van der Waals surface area contributed by atoms with Crippen LogP contribution in [0.4, 0.5) is 0 Å². The van der Waals surface area contributed by atoms with Crippen LogP contribution < -0.4 is 0 Å². The van der Waals surface area contributed by atoms with Crippen LogP contribution in [0.5, 0.6) is 0 Å². The van der Waals surface area contributed by atoms with E-state index in [1.54, 1.807) is 0 Å². The first-order valence-electron chi connectivity index (χ1n) is 2.04. The van der Waals surface area contributed by atoms with Gasteiger partial charge in [0.15, 0.2) is 0 Å². The molecule has 36 valence electrons. The van der Waals surface area contributed by atoms with Gasteiger partial charge in [-0.3, -0.25) is 0 Å². The molecule has 0 heterocycles. The average molecular weight is 125 g/mol. The maximum atomic E-state index is 5.57. The summed E-state index contributed by atoms with van der Waals surface area (Å²) in [4.78, 5) is 0. The molecule has 0 saturated heterocycles. The lowest BCUT2D eigenvalue weighted by Crippen LogP contribution is -1.76. The zero-order valence-corrected chi connectivity index (χ0v) is 4.84. The van der Waals surface area contributed by atoms with E-state index in [-0.39, 0.29) is 0 Å². The molecule has 0 aliphatic heterocycles. The van der Waals surface area contributed by atoms with Crippen LogP contribution in [-0.2, 0) is 0 Å². The van der Waals surface area contributed by atoms with Crippen LogP contribution in [0.1, 0.15) is 6.42 Å². The summed E-state index contributed by atoms with van der Waals surface area (Å²) in [6, 6.07) is 0. The highest BCUT2D eigenvalue weighted by Gasteiger charge is 2.33. The van der Waals surface area contributed by atoms with Gasteiger partial charge in [-0.15, -0.1) is 23.2 Å². The van der Waals surface area contributed by atoms with E-state index in [9.17, 15) is 0 Å². The Hall–Kier alpha value is 0.580. The van der Waals surface area contributed by atoms with Crippen molar-refractivity contribution in [2.75, 3.05) is 5.88 Å². The molecule has 6 heavy (non-hydrogen) atoms. The molecule has 0 nitrogen and oxygen atoms in total. The quantitative estimate of drug-likeness (QED) is 0.469. The van der Waals surface area contributed by atoms with Crippen LogP contribution in [0.3, 0.4) is 0 Å². The van der Waals surface area contributed by atoms with Gasteiger partial charge in [0.1, 0.15) is 0 Å². The van der Waals surface area contributed by atoms with Crippen LogP contribution in [0.25, 0.3) is 0 Å². The molecule has 2 heteroatoms. The van der Waals surface area contributed by atoms with Gasteiger partial charge in [-0.1, -0.05) is 0 Å². The second kappa shape index (κ2) is 1.59. The number of hydrogen-bond acceptors (Lipinski definition) is 0. The zero-order chi connectivity index (χ0) is 4.57. The van der Waals surface area contributed by atoms with Gasteiger partial charge in [-0.25, -0.2) is 0 Å². The minimum absolute atomic E-state index is 0.405. The number of rotatable bonds is 1. The predicted molar refractivity (Wildman–Crippen MR) is 28.5 cm³/mol. The molecule has 0 N–H and O–H groups in total. The molecule has 1 fully saturated rings. The minimum atomic E-state index is 0.405. The van der Waals surface area contributed by atoms with Gasteiger partial charge in [0.25, 0.3) is 0 Å². The maximum absolute atomic E-state index is 5.57. The molecule has 1 saturated carbocycles. The second-order valence-electron chi connectivity index (χ2n) is 1.67. The third-order valence-corrected chi connectivity index (χ3v) is 1.97. The van der Waals surface area contributed by atoms with Crippen molar-refractivity contribution < 1.29 is 0 Å². The van der Waals surface area contributed by atoms with Crippen LogP contribution >= 0.6 is 23.2 Å². The Morgan fingerprint density at radius 2 is 2.17 bits per heavy atom. The smallest absolute Gasteiger partial charge is 0.0379 e. The first-order chi connectivity index (χ1) is 2.84. The highest BCUT2D eigenvalue weighted by Crippen LogP contribution is 2.36. The molecule has 2 unspecified atom stereocenters. The topological polar surface area (TPSA) is 0 Å². The van der Waals surface area contributed by atoms with Crippen molar-refractivity contribution in [1.29, 1.82) is 0 Å². The number of halogens is 2. The van der Waals surface area contributed by atoms with Crippen molar-refractivity contribution in [2.24, 2.45) is 5.92 Å². The fraction of sp³-hybridized carbons (Fsp3) is 1.00. The van der Waals surface area contributed by atoms with Gasteiger partial charge < -0.3 is 0 Å². The van der Waals surface area contributed by atoms with Crippen molar-refractivity contribution in [1.82, 2.24) is 0 Å². The molecule has 0 bridgehead atoms. The van der Waals surface area contributed by atoms with Crippen molar-refractivity contribution in [2.45, 2.75) is 11.8 Å². The van der Waals surface area contributed by atoms with Crippen molar-refractivity contribution in [3.8, 4) is 0 Å². The molecule has 1 aliphatic rings. The lowest BCUT2D eigenvalue weighted by molar-refractivity contribution is 0.995. The first-order valence-corrected chi connectivity index (χ1v) is 3.01. The van der Waals surface area contributed by atoms with Gasteiger partial charge in [-0.05, 0) is 12.3 Å². The van der Waals surface area contributed by atoms with Gasteiger partial charge in [0, 0.05) is 11.3 Å². The van der Waals surface area contributed by atoms with Crippen LogP contribution in [0.15, 0.2) is 0 Å². The van der Waals surface area contributed by atoms with Crippen molar-refractivity contribution in [3.63, 3.8) is 0 Å². The molecular formula is C4H6Cl2. The van der Waals surface area contributed by atoms with E-state index in [1.807, 2.05) is 0 Å². The van der Waals surface area contributed by atoms with E-state index >= 15 is 0 Å². The summed E-state index contributed by atoms with van der Waals surface area (Å²) in [5, 5.41) is 0.405. The Morgan fingerprint density at radius 3 is 2.17 bits per heavy atom. The second-order valence-corrected chi connectivity index (χ2v) is 2.54. The average Bonchev–Trinajstić information content (AvgIpc) is 2.19. The summed E-state index contributed by atoms with van der Waals surface area (Å²) >= 11 is 11.0. The minimum Gasteiger partial charge on any atom is -0.126 e. The molecule has 0 radical (unpaired) electrons. The molecule has 0 aromatic carbocycles. The Kier molecular flexibility index (Phi) is 1.25.